The van der Waals surface area contributed by atoms with Gasteiger partial charge in [-0.15, -0.1) is 6.42 Å². The molecule has 0 bridgehead atoms. The first-order valence-corrected chi connectivity index (χ1v) is 12.6. The van der Waals surface area contributed by atoms with Gasteiger partial charge in [0.15, 0.2) is 0 Å². The van der Waals surface area contributed by atoms with Crippen molar-refractivity contribution in [1.29, 1.82) is 0 Å². The molecule has 6 atom stereocenters. The lowest BCUT2D eigenvalue weighted by molar-refractivity contribution is -0.0974. The maximum Gasteiger partial charge on any atom is 0.250 e. The van der Waals surface area contributed by atoms with E-state index in [4.69, 9.17) is 6.42 Å². The third-order valence-corrected chi connectivity index (χ3v) is 10.0. The Hall–Kier alpha value is -1.58. The average Bonchev–Trinajstić information content (AvgIpc) is 3.18. The molecule has 0 aromatic carbocycles. The highest BCUT2D eigenvalue weighted by molar-refractivity contribution is 7.89. The van der Waals surface area contributed by atoms with Crippen molar-refractivity contribution < 1.29 is 13.5 Å². The fourth-order valence-corrected chi connectivity index (χ4v) is 8.00. The molecular formula is C23H30N2O3S. The Labute approximate surface area is 173 Å². The zero-order chi connectivity index (χ0) is 20.8. The minimum atomic E-state index is -3.38. The molecule has 1 N–H and O–H groups in total. The van der Waals surface area contributed by atoms with Crippen molar-refractivity contribution in [1.82, 2.24) is 9.19 Å². The number of terminal acetylenes is 1. The van der Waals surface area contributed by atoms with Gasteiger partial charge in [-0.05, 0) is 79.8 Å². The largest absolute Gasteiger partial charge is 0.377 e. The van der Waals surface area contributed by atoms with Crippen LogP contribution in [-0.4, -0.2) is 34.6 Å². The van der Waals surface area contributed by atoms with E-state index in [2.05, 4.69) is 30.9 Å². The topological polar surface area (TPSA) is 72.2 Å². The van der Waals surface area contributed by atoms with Gasteiger partial charge in [-0.25, -0.2) is 8.42 Å². The van der Waals surface area contributed by atoms with Gasteiger partial charge in [-0.3, -0.25) is 0 Å². The summed E-state index contributed by atoms with van der Waals surface area (Å²) in [5.74, 6) is 4.30. The summed E-state index contributed by atoms with van der Waals surface area (Å²) in [4.78, 5) is 0. The molecule has 3 saturated carbocycles. The molecule has 0 saturated heterocycles. The number of rotatable bonds is 1. The van der Waals surface area contributed by atoms with Gasteiger partial charge in [0.25, 0.3) is 10.0 Å². The molecule has 4 aliphatic carbocycles. The molecule has 1 aromatic rings. The molecule has 1 aromatic heterocycles. The van der Waals surface area contributed by atoms with Crippen LogP contribution < -0.4 is 0 Å². The van der Waals surface area contributed by atoms with E-state index in [1.54, 1.807) is 6.20 Å². The lowest BCUT2D eigenvalue weighted by atomic mass is 9.46. The zero-order valence-electron chi connectivity index (χ0n) is 17.5. The van der Waals surface area contributed by atoms with Gasteiger partial charge < -0.3 is 5.11 Å². The molecule has 0 spiro atoms. The number of nitrogens with zero attached hydrogens (tertiary/aromatic N) is 2. The van der Waals surface area contributed by atoms with Gasteiger partial charge in [0.1, 0.15) is 5.60 Å². The van der Waals surface area contributed by atoms with Crippen molar-refractivity contribution >= 4 is 16.1 Å². The van der Waals surface area contributed by atoms with Crippen LogP contribution in [0.2, 0.25) is 0 Å². The van der Waals surface area contributed by atoms with Crippen molar-refractivity contribution in [2.45, 2.75) is 64.4 Å². The Morgan fingerprint density at radius 1 is 1.24 bits per heavy atom. The fraction of sp³-hybridized carbons (Fsp3) is 0.696. The van der Waals surface area contributed by atoms with E-state index >= 15 is 0 Å². The van der Waals surface area contributed by atoms with E-state index in [-0.39, 0.29) is 10.8 Å². The SMILES string of the molecule is C#C[C@]1(O)CCC2C3CCC4=Cc5nn(S(C)(=O)=O)cc5C[C@]4(C)C3CC[C@@]21C. The summed E-state index contributed by atoms with van der Waals surface area (Å²) in [6, 6.07) is 0. The molecule has 5 rings (SSSR count). The first kappa shape index (κ1) is 19.4. The van der Waals surface area contributed by atoms with Crippen LogP contribution in [0.3, 0.4) is 0 Å². The van der Waals surface area contributed by atoms with Gasteiger partial charge >= 0.3 is 0 Å². The molecule has 5 nitrogen and oxygen atoms in total. The van der Waals surface area contributed by atoms with Crippen molar-refractivity contribution in [2.75, 3.05) is 6.26 Å². The Morgan fingerprint density at radius 2 is 1.97 bits per heavy atom. The highest BCUT2D eigenvalue weighted by Gasteiger charge is 2.63. The average molecular weight is 415 g/mol. The summed E-state index contributed by atoms with van der Waals surface area (Å²) in [5.41, 5.74) is 2.11. The van der Waals surface area contributed by atoms with E-state index in [1.807, 2.05) is 0 Å². The van der Waals surface area contributed by atoms with Crippen LogP contribution in [0.4, 0.5) is 0 Å². The van der Waals surface area contributed by atoms with E-state index < -0.39 is 15.6 Å². The van der Waals surface area contributed by atoms with Crippen LogP contribution in [0.15, 0.2) is 11.8 Å². The maximum absolute atomic E-state index is 12.0. The highest BCUT2D eigenvalue weighted by Crippen LogP contribution is 2.67. The molecular weight excluding hydrogens is 384 g/mol. The summed E-state index contributed by atoms with van der Waals surface area (Å²) < 4.78 is 25.0. The molecule has 1 heterocycles. The summed E-state index contributed by atoms with van der Waals surface area (Å²) in [7, 11) is -3.38. The lowest BCUT2D eigenvalue weighted by Crippen LogP contribution is -2.54. The van der Waals surface area contributed by atoms with E-state index in [0.29, 0.717) is 24.2 Å². The minimum Gasteiger partial charge on any atom is -0.377 e. The lowest BCUT2D eigenvalue weighted by Gasteiger charge is -2.58. The van der Waals surface area contributed by atoms with Crippen LogP contribution >= 0.6 is 0 Å². The zero-order valence-corrected chi connectivity index (χ0v) is 18.3. The quantitative estimate of drug-likeness (QED) is 0.716. The van der Waals surface area contributed by atoms with Gasteiger partial charge in [-0.2, -0.15) is 9.19 Å². The number of aromatic nitrogens is 2. The number of aliphatic hydroxyl groups is 1. The first-order valence-electron chi connectivity index (χ1n) is 10.7. The normalized spacial score (nSPS) is 43.4. The Bertz CT molecular complexity index is 1060. The summed E-state index contributed by atoms with van der Waals surface area (Å²) >= 11 is 0. The number of hydrogen-bond donors (Lipinski definition) is 1. The second-order valence-corrected chi connectivity index (χ2v) is 12.2. The van der Waals surface area contributed by atoms with Gasteiger partial charge in [-0.1, -0.05) is 25.3 Å². The Morgan fingerprint density at radius 3 is 2.66 bits per heavy atom. The summed E-state index contributed by atoms with van der Waals surface area (Å²) in [6.45, 7) is 4.57. The monoisotopic (exact) mass is 414 g/mol. The van der Waals surface area contributed by atoms with Crippen molar-refractivity contribution in [3.8, 4) is 12.3 Å². The van der Waals surface area contributed by atoms with E-state index in [0.717, 1.165) is 53.9 Å². The molecule has 6 heteroatoms. The molecule has 0 aliphatic heterocycles. The van der Waals surface area contributed by atoms with Gasteiger partial charge in [0.05, 0.1) is 11.9 Å². The molecule has 3 unspecified atom stereocenters. The second-order valence-electron chi connectivity index (χ2n) is 10.4. The van der Waals surface area contributed by atoms with Crippen LogP contribution in [0.25, 0.3) is 6.08 Å². The second kappa shape index (κ2) is 5.76. The Kier molecular flexibility index (Phi) is 3.85. The van der Waals surface area contributed by atoms with E-state index in [9.17, 15) is 13.5 Å². The highest BCUT2D eigenvalue weighted by atomic mass is 32.2. The molecule has 3 fully saturated rings. The molecule has 4 aliphatic rings. The van der Waals surface area contributed by atoms with Crippen LogP contribution in [0, 0.1) is 40.9 Å². The molecule has 0 amide bonds. The van der Waals surface area contributed by atoms with Crippen molar-refractivity contribution in [3.63, 3.8) is 0 Å². The molecule has 0 radical (unpaired) electrons. The maximum atomic E-state index is 12.0. The number of hydrogen-bond acceptors (Lipinski definition) is 4. The van der Waals surface area contributed by atoms with Crippen molar-refractivity contribution in [3.05, 3.63) is 23.0 Å². The molecule has 156 valence electrons. The van der Waals surface area contributed by atoms with Crippen molar-refractivity contribution in [2.24, 2.45) is 28.6 Å². The third-order valence-electron chi connectivity index (χ3n) is 9.14. The molecule has 29 heavy (non-hydrogen) atoms. The number of fused-ring (bicyclic) bond motifs is 6. The standard InChI is InChI=1S/C23H30N2O3S/c1-5-23(26)11-9-19-17-7-6-16-12-20-15(14-25(24-20)29(4,27)28)13-21(16,2)18(17)8-10-22(19,23)3/h1,12,14,17-19,26H,6-11,13H2,2-4H3/t17?,18?,19?,21-,22-,23-/m0/s1. The van der Waals surface area contributed by atoms with Crippen LogP contribution in [-0.2, 0) is 16.4 Å². The van der Waals surface area contributed by atoms with Crippen LogP contribution in [0.1, 0.15) is 63.6 Å². The first-order chi connectivity index (χ1) is 13.5. The fourth-order valence-electron chi connectivity index (χ4n) is 7.45. The minimum absolute atomic E-state index is 0.0272. The number of allylic oxidation sites excluding steroid dienone is 1. The third kappa shape index (κ3) is 2.44. The predicted molar refractivity (Wildman–Crippen MR) is 112 cm³/mol. The van der Waals surface area contributed by atoms with Crippen LogP contribution in [0.5, 0.6) is 0 Å². The Balaban J connectivity index is 1.52. The van der Waals surface area contributed by atoms with Gasteiger partial charge in [0.2, 0.25) is 0 Å². The summed E-state index contributed by atoms with van der Waals surface area (Å²) in [5, 5.41) is 15.5. The van der Waals surface area contributed by atoms with Gasteiger partial charge in [0, 0.05) is 11.6 Å². The van der Waals surface area contributed by atoms with E-state index in [1.165, 1.54) is 11.8 Å². The smallest absolute Gasteiger partial charge is 0.250 e. The predicted octanol–water partition coefficient (Wildman–Crippen LogP) is 3.24. The summed E-state index contributed by atoms with van der Waals surface area (Å²) in [6.07, 6.45) is 17.5.